The molecule has 0 spiro atoms. The Morgan fingerprint density at radius 2 is 1.77 bits per heavy atom. The molecule has 3 N–H and O–H groups in total. The zero-order valence-corrected chi connectivity index (χ0v) is 14.7. The lowest BCUT2D eigenvalue weighted by atomic mass is 9.97. The van der Waals surface area contributed by atoms with Crippen molar-refractivity contribution in [2.24, 2.45) is 5.73 Å². The summed E-state index contributed by atoms with van der Waals surface area (Å²) in [6.45, 7) is 2.49. The molecule has 26 heavy (non-hydrogen) atoms. The second-order valence-electron chi connectivity index (χ2n) is 7.15. The third-order valence-electron chi connectivity index (χ3n) is 5.56. The molecule has 3 saturated heterocycles. The maximum absolute atomic E-state index is 12.9. The number of rotatable bonds is 3. The quantitative estimate of drug-likeness (QED) is 0.637. The van der Waals surface area contributed by atoms with Gasteiger partial charge in [-0.15, -0.1) is 0 Å². The Balaban J connectivity index is 1.60. The number of hydrogen-bond acceptors (Lipinski definition) is 3. The Morgan fingerprint density at radius 3 is 2.42 bits per heavy atom. The number of fused-ring (bicyclic) bond motifs is 1. The Labute approximate surface area is 153 Å². The number of hydrogen-bond donors (Lipinski definition) is 2. The van der Waals surface area contributed by atoms with Crippen LogP contribution in [0.3, 0.4) is 0 Å². The van der Waals surface area contributed by atoms with Gasteiger partial charge < -0.3 is 15.5 Å². The molecule has 1 aromatic carbocycles. The normalized spacial score (nSPS) is 25.5. The van der Waals surface area contributed by atoms with Crippen LogP contribution in [0.15, 0.2) is 24.3 Å². The van der Waals surface area contributed by atoms with E-state index in [0.29, 0.717) is 18.1 Å². The maximum Gasteiger partial charge on any atom is 0.325 e. The van der Waals surface area contributed by atoms with Crippen LogP contribution in [0.2, 0.25) is 0 Å². The highest BCUT2D eigenvalue weighted by Gasteiger charge is 2.50. The van der Waals surface area contributed by atoms with Crippen molar-refractivity contribution in [3.63, 3.8) is 0 Å². The molecule has 3 aliphatic rings. The molecule has 0 bridgehead atoms. The van der Waals surface area contributed by atoms with Crippen molar-refractivity contribution in [2.75, 3.05) is 24.5 Å². The van der Waals surface area contributed by atoms with Crippen LogP contribution >= 0.6 is 0 Å². The summed E-state index contributed by atoms with van der Waals surface area (Å²) in [5.74, 6) is 0.0249. The summed E-state index contributed by atoms with van der Waals surface area (Å²) in [5.41, 5.74) is 7.11. The van der Waals surface area contributed by atoms with E-state index in [0.717, 1.165) is 44.3 Å². The Hall–Kier alpha value is -2.57. The predicted octanol–water partition coefficient (Wildman–Crippen LogP) is 1.57. The van der Waals surface area contributed by atoms with Gasteiger partial charge in [-0.05, 0) is 56.4 Å². The summed E-state index contributed by atoms with van der Waals surface area (Å²) in [6, 6.07) is 6.23. The third kappa shape index (κ3) is 2.71. The highest BCUT2D eigenvalue weighted by molar-refractivity contribution is 6.04. The number of anilines is 1. The minimum Gasteiger partial charge on any atom is -0.368 e. The first-order valence-electron chi connectivity index (χ1n) is 9.24. The smallest absolute Gasteiger partial charge is 0.325 e. The minimum absolute atomic E-state index is 0.169. The van der Waals surface area contributed by atoms with E-state index >= 15 is 0 Å². The maximum atomic E-state index is 12.9. The fraction of sp³-hybridized carbons (Fsp3) is 0.474. The number of nitrogens with one attached hydrogen (secondary N) is 1. The van der Waals surface area contributed by atoms with E-state index in [9.17, 15) is 9.59 Å². The molecule has 4 rings (SSSR count). The fourth-order valence-electron chi connectivity index (χ4n) is 4.23. The highest BCUT2D eigenvalue weighted by Crippen LogP contribution is 2.34. The number of nitrogens with zero attached hydrogens (tertiary/aromatic N) is 3. The Morgan fingerprint density at radius 1 is 1.08 bits per heavy atom. The number of primary amides is 1. The van der Waals surface area contributed by atoms with Gasteiger partial charge in [0.25, 0.3) is 0 Å². The van der Waals surface area contributed by atoms with Crippen molar-refractivity contribution in [3.8, 4) is 0 Å². The van der Waals surface area contributed by atoms with Crippen LogP contribution in [0.25, 0.3) is 0 Å². The standard InChI is InChI=1S/C19H24N5O2/c20-17(22-10-3-4-11-22)13-6-8-14(9-7-13)24-16(18(21)25)15-5-1-2-12-23(15)19(24)26/h5-9,15-16,20H,1-4,10-12H2,(H2,21,25)/t15-,16?/m1/s1. The summed E-state index contributed by atoms with van der Waals surface area (Å²) in [5, 5.41) is 8.34. The van der Waals surface area contributed by atoms with Gasteiger partial charge in [0.2, 0.25) is 5.91 Å². The van der Waals surface area contributed by atoms with Crippen LogP contribution in [-0.2, 0) is 4.79 Å². The van der Waals surface area contributed by atoms with Crippen molar-refractivity contribution >= 4 is 23.5 Å². The minimum atomic E-state index is -0.674. The SMILES string of the molecule is N=C(c1ccc(N2C(=O)N3CCC[CH][C@@H]3C2C(N)=O)cc1)N1CCCC1. The summed E-state index contributed by atoms with van der Waals surface area (Å²) in [4.78, 5) is 30.2. The molecule has 3 aliphatic heterocycles. The first-order valence-corrected chi connectivity index (χ1v) is 9.24. The molecule has 2 atom stereocenters. The molecule has 0 aromatic heterocycles. The molecule has 7 heteroatoms. The number of benzene rings is 1. The largest absolute Gasteiger partial charge is 0.368 e. The monoisotopic (exact) mass is 354 g/mol. The van der Waals surface area contributed by atoms with E-state index < -0.39 is 11.9 Å². The number of nitrogens with two attached hydrogens (primary N) is 1. The number of amidine groups is 1. The van der Waals surface area contributed by atoms with E-state index in [-0.39, 0.29) is 12.1 Å². The fourth-order valence-corrected chi connectivity index (χ4v) is 4.23. The van der Waals surface area contributed by atoms with Crippen LogP contribution in [-0.4, -0.2) is 59.3 Å². The molecular formula is C19H24N5O2. The second kappa shape index (κ2) is 6.63. The van der Waals surface area contributed by atoms with Gasteiger partial charge in [-0.25, -0.2) is 4.79 Å². The zero-order valence-electron chi connectivity index (χ0n) is 14.7. The molecule has 0 saturated carbocycles. The number of amides is 3. The lowest BCUT2D eigenvalue weighted by molar-refractivity contribution is -0.119. The average molecular weight is 354 g/mol. The molecule has 3 amide bonds. The van der Waals surface area contributed by atoms with Gasteiger partial charge in [-0.1, -0.05) is 0 Å². The van der Waals surface area contributed by atoms with Crippen molar-refractivity contribution in [1.29, 1.82) is 5.41 Å². The molecule has 3 fully saturated rings. The Bertz CT molecular complexity index is 726. The van der Waals surface area contributed by atoms with Gasteiger partial charge in [0, 0.05) is 30.9 Å². The van der Waals surface area contributed by atoms with E-state index in [2.05, 4.69) is 4.90 Å². The highest BCUT2D eigenvalue weighted by atomic mass is 16.2. The molecule has 1 aromatic rings. The zero-order chi connectivity index (χ0) is 18.3. The van der Waals surface area contributed by atoms with E-state index in [4.69, 9.17) is 11.1 Å². The van der Waals surface area contributed by atoms with Crippen molar-refractivity contribution in [1.82, 2.24) is 9.80 Å². The first kappa shape index (κ1) is 16.9. The summed E-state index contributed by atoms with van der Waals surface area (Å²) >= 11 is 0. The average Bonchev–Trinajstić information content (AvgIpc) is 3.28. The topological polar surface area (TPSA) is 93.7 Å². The first-order chi connectivity index (χ1) is 12.6. The number of piperidine rings is 1. The lowest BCUT2D eigenvalue weighted by Crippen LogP contribution is -2.48. The van der Waals surface area contributed by atoms with Crippen molar-refractivity contribution in [2.45, 2.75) is 37.8 Å². The van der Waals surface area contributed by atoms with Crippen molar-refractivity contribution < 1.29 is 9.59 Å². The summed E-state index contributed by atoms with van der Waals surface area (Å²) in [6.07, 6.45) is 6.06. The predicted molar refractivity (Wildman–Crippen MR) is 99.0 cm³/mol. The molecule has 1 radical (unpaired) electrons. The van der Waals surface area contributed by atoms with E-state index in [1.165, 1.54) is 4.90 Å². The van der Waals surface area contributed by atoms with Gasteiger partial charge in [-0.3, -0.25) is 15.1 Å². The Kier molecular flexibility index (Phi) is 4.30. The number of likely N-dealkylation sites (tertiary alicyclic amines) is 1. The van der Waals surface area contributed by atoms with E-state index in [1.54, 1.807) is 4.90 Å². The molecular weight excluding hydrogens is 330 g/mol. The van der Waals surface area contributed by atoms with Crippen LogP contribution < -0.4 is 10.6 Å². The molecule has 1 unspecified atom stereocenters. The van der Waals surface area contributed by atoms with Gasteiger partial charge in [0.1, 0.15) is 11.9 Å². The van der Waals surface area contributed by atoms with Gasteiger partial charge in [-0.2, -0.15) is 0 Å². The number of carbonyl (C=O) groups is 2. The molecule has 7 nitrogen and oxygen atoms in total. The molecule has 137 valence electrons. The summed E-state index contributed by atoms with van der Waals surface area (Å²) in [7, 11) is 0. The number of carbonyl (C=O) groups excluding carboxylic acids is 2. The van der Waals surface area contributed by atoms with Crippen molar-refractivity contribution in [3.05, 3.63) is 36.2 Å². The molecule has 3 heterocycles. The van der Waals surface area contributed by atoms with Crippen LogP contribution in [0, 0.1) is 11.8 Å². The van der Waals surface area contributed by atoms with Gasteiger partial charge in [0.15, 0.2) is 0 Å². The molecule has 0 aliphatic carbocycles. The van der Waals surface area contributed by atoms with Crippen LogP contribution in [0.5, 0.6) is 0 Å². The second-order valence-corrected chi connectivity index (χ2v) is 7.15. The van der Waals surface area contributed by atoms with E-state index in [1.807, 2.05) is 30.7 Å². The third-order valence-corrected chi connectivity index (χ3v) is 5.56. The van der Waals surface area contributed by atoms with Crippen LogP contribution in [0.1, 0.15) is 31.2 Å². The van der Waals surface area contributed by atoms with Crippen LogP contribution in [0.4, 0.5) is 10.5 Å². The lowest BCUT2D eigenvalue weighted by Gasteiger charge is -2.29. The number of urea groups is 1. The van der Waals surface area contributed by atoms with Gasteiger partial charge >= 0.3 is 6.03 Å². The van der Waals surface area contributed by atoms with Gasteiger partial charge in [0.05, 0.1) is 6.04 Å². The summed E-state index contributed by atoms with van der Waals surface area (Å²) < 4.78 is 0.